The van der Waals surface area contributed by atoms with Crippen molar-refractivity contribution in [1.29, 1.82) is 0 Å². The molecule has 1 rings (SSSR count). The standard InChI is InChI=1S/C13H23N5O/c1-10(2)9-18(6-5-17(3)4)13(19)11-7-15-8-12(14)16-11/h7-8,10H,5-6,9H2,1-4H3,(H2,14,16). The number of rotatable bonds is 6. The lowest BCUT2D eigenvalue weighted by Crippen LogP contribution is -2.39. The number of hydrogen-bond donors (Lipinski definition) is 1. The fourth-order valence-electron chi connectivity index (χ4n) is 1.68. The average molecular weight is 265 g/mol. The minimum absolute atomic E-state index is 0.115. The van der Waals surface area contributed by atoms with Crippen molar-refractivity contribution in [2.75, 3.05) is 39.5 Å². The third-order valence-electron chi connectivity index (χ3n) is 2.56. The third-order valence-corrected chi connectivity index (χ3v) is 2.56. The molecule has 1 amide bonds. The van der Waals surface area contributed by atoms with Gasteiger partial charge in [-0.15, -0.1) is 0 Å². The topological polar surface area (TPSA) is 75.3 Å². The van der Waals surface area contributed by atoms with E-state index in [4.69, 9.17) is 5.73 Å². The predicted molar refractivity (Wildman–Crippen MR) is 75.7 cm³/mol. The number of nitrogens with zero attached hydrogens (tertiary/aromatic N) is 4. The molecule has 1 aromatic heterocycles. The van der Waals surface area contributed by atoms with Crippen molar-refractivity contribution >= 4 is 11.7 Å². The Hall–Kier alpha value is -1.69. The van der Waals surface area contributed by atoms with Crippen LogP contribution in [0.5, 0.6) is 0 Å². The van der Waals surface area contributed by atoms with Gasteiger partial charge in [0.1, 0.15) is 11.5 Å². The maximum absolute atomic E-state index is 12.4. The Bertz CT molecular complexity index is 419. The summed E-state index contributed by atoms with van der Waals surface area (Å²) in [5, 5.41) is 0. The van der Waals surface area contributed by atoms with Crippen LogP contribution in [0.1, 0.15) is 24.3 Å². The molecule has 1 heterocycles. The van der Waals surface area contributed by atoms with Crippen LogP contribution in [0.2, 0.25) is 0 Å². The summed E-state index contributed by atoms with van der Waals surface area (Å²) in [6, 6.07) is 0. The van der Waals surface area contributed by atoms with E-state index in [0.29, 0.717) is 24.7 Å². The Labute approximate surface area is 114 Å². The molecule has 19 heavy (non-hydrogen) atoms. The molecular formula is C13H23N5O. The smallest absolute Gasteiger partial charge is 0.274 e. The van der Waals surface area contributed by atoms with Crippen molar-refractivity contribution in [2.24, 2.45) is 5.92 Å². The van der Waals surface area contributed by atoms with Crippen LogP contribution in [0.4, 0.5) is 5.82 Å². The molecular weight excluding hydrogens is 242 g/mol. The fraction of sp³-hybridized carbons (Fsp3) is 0.615. The quantitative estimate of drug-likeness (QED) is 0.820. The van der Waals surface area contributed by atoms with Crippen molar-refractivity contribution < 1.29 is 4.79 Å². The van der Waals surface area contributed by atoms with Gasteiger partial charge in [0.25, 0.3) is 5.91 Å². The first-order valence-electron chi connectivity index (χ1n) is 6.41. The summed E-state index contributed by atoms with van der Waals surface area (Å²) in [7, 11) is 3.97. The van der Waals surface area contributed by atoms with Gasteiger partial charge in [0.2, 0.25) is 0 Å². The zero-order valence-electron chi connectivity index (χ0n) is 12.1. The lowest BCUT2D eigenvalue weighted by molar-refractivity contribution is 0.0718. The van der Waals surface area contributed by atoms with E-state index >= 15 is 0 Å². The monoisotopic (exact) mass is 265 g/mol. The summed E-state index contributed by atoms with van der Waals surface area (Å²) in [6.45, 7) is 6.35. The number of carbonyl (C=O) groups is 1. The number of nitrogen functional groups attached to an aromatic ring is 1. The Balaban J connectivity index is 2.81. The molecule has 0 aromatic carbocycles. The van der Waals surface area contributed by atoms with Gasteiger partial charge in [-0.05, 0) is 20.0 Å². The first-order chi connectivity index (χ1) is 8.90. The van der Waals surface area contributed by atoms with Gasteiger partial charge < -0.3 is 15.5 Å². The maximum Gasteiger partial charge on any atom is 0.274 e. The summed E-state index contributed by atoms with van der Waals surface area (Å²) >= 11 is 0. The highest BCUT2D eigenvalue weighted by atomic mass is 16.2. The van der Waals surface area contributed by atoms with Crippen molar-refractivity contribution in [3.05, 3.63) is 18.1 Å². The highest BCUT2D eigenvalue weighted by Gasteiger charge is 2.18. The lowest BCUT2D eigenvalue weighted by Gasteiger charge is -2.25. The van der Waals surface area contributed by atoms with Gasteiger partial charge in [0, 0.05) is 19.6 Å². The molecule has 2 N–H and O–H groups in total. The maximum atomic E-state index is 12.4. The molecule has 0 bridgehead atoms. The summed E-state index contributed by atoms with van der Waals surface area (Å²) in [4.78, 5) is 24.2. The molecule has 0 aliphatic rings. The molecule has 0 radical (unpaired) electrons. The van der Waals surface area contributed by atoms with Gasteiger partial charge in [0.15, 0.2) is 0 Å². The Morgan fingerprint density at radius 2 is 2.00 bits per heavy atom. The average Bonchev–Trinajstić information content (AvgIpc) is 2.33. The number of aromatic nitrogens is 2. The molecule has 0 atom stereocenters. The molecule has 0 saturated heterocycles. The van der Waals surface area contributed by atoms with E-state index in [2.05, 4.69) is 23.8 Å². The van der Waals surface area contributed by atoms with E-state index in [9.17, 15) is 4.79 Å². The number of nitrogens with two attached hydrogens (primary N) is 1. The number of anilines is 1. The fourth-order valence-corrected chi connectivity index (χ4v) is 1.68. The van der Waals surface area contributed by atoms with Crippen LogP contribution in [0, 0.1) is 5.92 Å². The predicted octanol–water partition coefficient (Wildman–Crippen LogP) is 0.719. The molecule has 6 nitrogen and oxygen atoms in total. The van der Waals surface area contributed by atoms with Crippen LogP contribution < -0.4 is 5.73 Å². The van der Waals surface area contributed by atoms with Crippen LogP contribution in [0.15, 0.2) is 12.4 Å². The van der Waals surface area contributed by atoms with E-state index in [-0.39, 0.29) is 11.7 Å². The number of hydrogen-bond acceptors (Lipinski definition) is 5. The second kappa shape index (κ2) is 7.04. The Morgan fingerprint density at radius 3 is 2.53 bits per heavy atom. The molecule has 0 aliphatic heterocycles. The number of amides is 1. The normalized spacial score (nSPS) is 11.1. The molecule has 106 valence electrons. The molecule has 0 saturated carbocycles. The minimum atomic E-state index is -0.115. The van der Waals surface area contributed by atoms with Gasteiger partial charge >= 0.3 is 0 Å². The number of carbonyl (C=O) groups excluding carboxylic acids is 1. The van der Waals surface area contributed by atoms with E-state index < -0.39 is 0 Å². The van der Waals surface area contributed by atoms with E-state index in [1.165, 1.54) is 12.4 Å². The Morgan fingerprint density at radius 1 is 1.32 bits per heavy atom. The van der Waals surface area contributed by atoms with Gasteiger partial charge in [-0.1, -0.05) is 13.8 Å². The first-order valence-corrected chi connectivity index (χ1v) is 6.41. The van der Waals surface area contributed by atoms with Crippen molar-refractivity contribution in [3.63, 3.8) is 0 Å². The van der Waals surface area contributed by atoms with Gasteiger partial charge in [-0.2, -0.15) is 0 Å². The van der Waals surface area contributed by atoms with E-state index in [1.54, 1.807) is 4.90 Å². The second-order valence-corrected chi connectivity index (χ2v) is 5.28. The van der Waals surface area contributed by atoms with Crippen molar-refractivity contribution in [3.8, 4) is 0 Å². The Kier molecular flexibility index (Phi) is 5.69. The van der Waals surface area contributed by atoms with Gasteiger partial charge in [0.05, 0.1) is 12.4 Å². The third kappa shape index (κ3) is 5.21. The molecule has 6 heteroatoms. The lowest BCUT2D eigenvalue weighted by atomic mass is 10.2. The molecule has 0 aliphatic carbocycles. The van der Waals surface area contributed by atoms with E-state index in [0.717, 1.165) is 6.54 Å². The van der Waals surface area contributed by atoms with Crippen molar-refractivity contribution in [2.45, 2.75) is 13.8 Å². The molecule has 0 unspecified atom stereocenters. The summed E-state index contributed by atoms with van der Waals surface area (Å²) in [6.07, 6.45) is 2.89. The first kappa shape index (κ1) is 15.4. The minimum Gasteiger partial charge on any atom is -0.382 e. The summed E-state index contributed by atoms with van der Waals surface area (Å²) < 4.78 is 0. The molecule has 1 aromatic rings. The highest BCUT2D eigenvalue weighted by molar-refractivity contribution is 5.92. The van der Waals surface area contributed by atoms with Gasteiger partial charge in [-0.3, -0.25) is 9.78 Å². The summed E-state index contributed by atoms with van der Waals surface area (Å²) in [5.74, 6) is 0.554. The second-order valence-electron chi connectivity index (χ2n) is 5.28. The molecule has 0 fully saturated rings. The highest BCUT2D eigenvalue weighted by Crippen LogP contribution is 2.06. The zero-order chi connectivity index (χ0) is 14.4. The van der Waals surface area contributed by atoms with E-state index in [1.807, 2.05) is 19.0 Å². The van der Waals surface area contributed by atoms with Crippen LogP contribution in [0.25, 0.3) is 0 Å². The summed E-state index contributed by atoms with van der Waals surface area (Å²) in [5.41, 5.74) is 5.87. The zero-order valence-corrected chi connectivity index (χ0v) is 12.1. The van der Waals surface area contributed by atoms with Gasteiger partial charge in [-0.25, -0.2) is 4.98 Å². The van der Waals surface area contributed by atoms with Crippen molar-refractivity contribution in [1.82, 2.24) is 19.8 Å². The largest absolute Gasteiger partial charge is 0.382 e. The van der Waals surface area contributed by atoms with Crippen LogP contribution >= 0.6 is 0 Å². The van der Waals surface area contributed by atoms with Crippen LogP contribution in [0.3, 0.4) is 0 Å². The number of likely N-dealkylation sites (N-methyl/N-ethyl adjacent to an activating group) is 1. The molecule has 0 spiro atoms. The van der Waals surface area contributed by atoms with Crippen LogP contribution in [-0.4, -0.2) is 59.4 Å². The SMILES string of the molecule is CC(C)CN(CCN(C)C)C(=O)c1cncc(N)n1. The van der Waals surface area contributed by atoms with Crippen LogP contribution in [-0.2, 0) is 0 Å².